The fourth-order valence-corrected chi connectivity index (χ4v) is 2.37. The Bertz CT molecular complexity index is 205. The number of rotatable bonds is 2. The third-order valence-electron chi connectivity index (χ3n) is 2.96. The van der Waals surface area contributed by atoms with E-state index >= 15 is 0 Å². The van der Waals surface area contributed by atoms with Crippen molar-refractivity contribution in [1.29, 1.82) is 0 Å². The first-order valence-electron chi connectivity index (χ1n) is 5.55. The summed E-state index contributed by atoms with van der Waals surface area (Å²) in [7, 11) is 0. The molecule has 2 nitrogen and oxygen atoms in total. The molecule has 1 saturated heterocycles. The van der Waals surface area contributed by atoms with Crippen molar-refractivity contribution in [2.75, 3.05) is 6.54 Å². The lowest BCUT2D eigenvalue weighted by molar-refractivity contribution is 0.0468. The standard InChI is InChI=1S/C12H23NO/c1-10(14)9-11-7-5-6-8-13(11)12(2,3)4/h11,14H,1,5-9H2,2-4H3/t11-/m0/s1. The van der Waals surface area contributed by atoms with Crippen molar-refractivity contribution in [2.24, 2.45) is 0 Å². The zero-order valence-corrected chi connectivity index (χ0v) is 9.71. The maximum Gasteiger partial charge on any atom is 0.0866 e. The first-order chi connectivity index (χ1) is 6.41. The van der Waals surface area contributed by atoms with Crippen LogP contribution in [0, 0.1) is 0 Å². The maximum absolute atomic E-state index is 9.27. The van der Waals surface area contributed by atoms with Crippen molar-refractivity contribution in [2.45, 2.75) is 58.0 Å². The molecule has 0 aromatic carbocycles. The summed E-state index contributed by atoms with van der Waals surface area (Å²) in [6.07, 6.45) is 4.49. The number of aliphatic hydroxyl groups is 1. The highest BCUT2D eigenvalue weighted by Gasteiger charge is 2.30. The van der Waals surface area contributed by atoms with Crippen molar-refractivity contribution in [1.82, 2.24) is 4.90 Å². The van der Waals surface area contributed by atoms with Crippen LogP contribution in [0.5, 0.6) is 0 Å². The van der Waals surface area contributed by atoms with E-state index in [0.717, 1.165) is 13.0 Å². The van der Waals surface area contributed by atoms with E-state index in [0.29, 0.717) is 11.8 Å². The van der Waals surface area contributed by atoms with Crippen LogP contribution in [-0.2, 0) is 0 Å². The minimum absolute atomic E-state index is 0.209. The minimum atomic E-state index is 0.209. The predicted molar refractivity (Wildman–Crippen MR) is 60.5 cm³/mol. The van der Waals surface area contributed by atoms with E-state index < -0.39 is 0 Å². The number of nitrogens with zero attached hydrogens (tertiary/aromatic N) is 1. The van der Waals surface area contributed by atoms with Crippen molar-refractivity contribution >= 4 is 0 Å². The molecule has 1 atom stereocenters. The zero-order valence-electron chi connectivity index (χ0n) is 9.71. The van der Waals surface area contributed by atoms with Gasteiger partial charge in [-0.2, -0.15) is 0 Å². The molecule has 1 heterocycles. The monoisotopic (exact) mass is 197 g/mol. The van der Waals surface area contributed by atoms with E-state index in [1.807, 2.05) is 0 Å². The van der Waals surface area contributed by atoms with Gasteiger partial charge in [0.1, 0.15) is 0 Å². The molecule has 0 bridgehead atoms. The van der Waals surface area contributed by atoms with Crippen LogP contribution in [0.25, 0.3) is 0 Å². The van der Waals surface area contributed by atoms with Crippen LogP contribution in [-0.4, -0.2) is 28.1 Å². The second-order valence-corrected chi connectivity index (χ2v) is 5.28. The first-order valence-corrected chi connectivity index (χ1v) is 5.55. The molecule has 1 aliphatic heterocycles. The van der Waals surface area contributed by atoms with Gasteiger partial charge in [0.15, 0.2) is 0 Å². The normalized spacial score (nSPS) is 24.9. The summed E-state index contributed by atoms with van der Waals surface area (Å²) in [6, 6.07) is 0.487. The van der Waals surface area contributed by atoms with Crippen molar-refractivity contribution in [3.8, 4) is 0 Å². The summed E-state index contributed by atoms with van der Waals surface area (Å²) < 4.78 is 0. The topological polar surface area (TPSA) is 23.5 Å². The number of likely N-dealkylation sites (tertiary alicyclic amines) is 1. The molecular formula is C12H23NO. The second kappa shape index (κ2) is 4.35. The lowest BCUT2D eigenvalue weighted by Crippen LogP contribution is -2.50. The first kappa shape index (κ1) is 11.6. The summed E-state index contributed by atoms with van der Waals surface area (Å²) in [4.78, 5) is 2.50. The van der Waals surface area contributed by atoms with Gasteiger partial charge in [-0.1, -0.05) is 13.0 Å². The van der Waals surface area contributed by atoms with Gasteiger partial charge in [0.25, 0.3) is 0 Å². The Hall–Kier alpha value is -0.500. The van der Waals surface area contributed by atoms with Crippen molar-refractivity contribution in [3.63, 3.8) is 0 Å². The molecule has 2 heteroatoms. The fourth-order valence-electron chi connectivity index (χ4n) is 2.37. The van der Waals surface area contributed by atoms with Crippen LogP contribution in [0.2, 0.25) is 0 Å². The quantitative estimate of drug-likeness (QED) is 0.688. The highest BCUT2D eigenvalue weighted by Crippen LogP contribution is 2.28. The molecule has 0 spiro atoms. The molecule has 0 aliphatic carbocycles. The Kier molecular flexibility index (Phi) is 3.59. The summed E-state index contributed by atoms with van der Waals surface area (Å²) in [5, 5.41) is 9.27. The Labute approximate surface area is 87.6 Å². The summed E-state index contributed by atoms with van der Waals surface area (Å²) in [5.41, 5.74) is 0.209. The fraction of sp³-hybridized carbons (Fsp3) is 0.833. The molecule has 1 aliphatic rings. The maximum atomic E-state index is 9.27. The van der Waals surface area contributed by atoms with Crippen LogP contribution < -0.4 is 0 Å². The number of aliphatic hydroxyl groups excluding tert-OH is 1. The van der Waals surface area contributed by atoms with E-state index in [1.165, 1.54) is 19.3 Å². The molecule has 0 aromatic rings. The Morgan fingerprint density at radius 1 is 1.43 bits per heavy atom. The molecule has 1 fully saturated rings. The molecule has 1 N–H and O–H groups in total. The van der Waals surface area contributed by atoms with Gasteiger partial charge in [-0.25, -0.2) is 0 Å². The Morgan fingerprint density at radius 3 is 2.57 bits per heavy atom. The van der Waals surface area contributed by atoms with Gasteiger partial charge in [0, 0.05) is 18.0 Å². The molecule has 0 saturated carbocycles. The van der Waals surface area contributed by atoms with Gasteiger partial charge >= 0.3 is 0 Å². The lowest BCUT2D eigenvalue weighted by Gasteiger charge is -2.44. The van der Waals surface area contributed by atoms with Crippen LogP contribution >= 0.6 is 0 Å². The highest BCUT2D eigenvalue weighted by molar-refractivity contribution is 4.93. The van der Waals surface area contributed by atoms with Crippen LogP contribution in [0.4, 0.5) is 0 Å². The third kappa shape index (κ3) is 3.02. The SMILES string of the molecule is C=C(O)C[C@@H]1CCCCN1C(C)(C)C. The zero-order chi connectivity index (χ0) is 10.8. The van der Waals surface area contributed by atoms with E-state index in [2.05, 4.69) is 32.3 Å². The predicted octanol–water partition coefficient (Wildman–Crippen LogP) is 3.10. The van der Waals surface area contributed by atoms with Crippen LogP contribution in [0.1, 0.15) is 46.5 Å². The Balaban J connectivity index is 2.64. The van der Waals surface area contributed by atoms with E-state index in [4.69, 9.17) is 0 Å². The van der Waals surface area contributed by atoms with E-state index in [-0.39, 0.29) is 5.54 Å². The van der Waals surface area contributed by atoms with Crippen molar-refractivity contribution < 1.29 is 5.11 Å². The molecule has 82 valence electrons. The second-order valence-electron chi connectivity index (χ2n) is 5.28. The largest absolute Gasteiger partial charge is 0.513 e. The van der Waals surface area contributed by atoms with Gasteiger partial charge in [-0.15, -0.1) is 0 Å². The number of hydrogen-bond donors (Lipinski definition) is 1. The minimum Gasteiger partial charge on any atom is -0.513 e. The number of piperidine rings is 1. The lowest BCUT2D eigenvalue weighted by atomic mass is 9.92. The Morgan fingerprint density at radius 2 is 2.07 bits per heavy atom. The molecular weight excluding hydrogens is 174 g/mol. The molecule has 0 amide bonds. The smallest absolute Gasteiger partial charge is 0.0866 e. The van der Waals surface area contributed by atoms with Gasteiger partial charge in [0.2, 0.25) is 0 Å². The summed E-state index contributed by atoms with van der Waals surface area (Å²) in [6.45, 7) is 11.5. The molecule has 0 unspecified atom stereocenters. The molecule has 1 rings (SSSR count). The molecule has 0 aromatic heterocycles. The third-order valence-corrected chi connectivity index (χ3v) is 2.96. The van der Waals surface area contributed by atoms with Crippen LogP contribution in [0.15, 0.2) is 12.3 Å². The van der Waals surface area contributed by atoms with Crippen molar-refractivity contribution in [3.05, 3.63) is 12.3 Å². The van der Waals surface area contributed by atoms with E-state index in [1.54, 1.807) is 0 Å². The van der Waals surface area contributed by atoms with Gasteiger partial charge in [-0.3, -0.25) is 4.90 Å². The molecule has 0 radical (unpaired) electrons. The highest BCUT2D eigenvalue weighted by atomic mass is 16.3. The van der Waals surface area contributed by atoms with E-state index in [9.17, 15) is 5.11 Å². The molecule has 14 heavy (non-hydrogen) atoms. The van der Waals surface area contributed by atoms with Gasteiger partial charge in [-0.05, 0) is 40.2 Å². The summed E-state index contributed by atoms with van der Waals surface area (Å²) >= 11 is 0. The average Bonchev–Trinajstić information content (AvgIpc) is 2.01. The average molecular weight is 197 g/mol. The van der Waals surface area contributed by atoms with Gasteiger partial charge < -0.3 is 5.11 Å². The van der Waals surface area contributed by atoms with Crippen LogP contribution in [0.3, 0.4) is 0 Å². The number of hydrogen-bond acceptors (Lipinski definition) is 2. The summed E-state index contributed by atoms with van der Waals surface area (Å²) in [5.74, 6) is 0.325. The van der Waals surface area contributed by atoms with Gasteiger partial charge in [0.05, 0.1) is 5.76 Å².